The van der Waals surface area contributed by atoms with Crippen LogP contribution in [0.3, 0.4) is 0 Å². The molecule has 0 amide bonds. The van der Waals surface area contributed by atoms with Gasteiger partial charge in [0.1, 0.15) is 11.5 Å². The molecule has 7 heteroatoms. The highest BCUT2D eigenvalue weighted by molar-refractivity contribution is 5.90. The van der Waals surface area contributed by atoms with Crippen LogP contribution in [0.15, 0.2) is 18.2 Å². The second-order valence-corrected chi connectivity index (χ2v) is 3.29. The summed E-state index contributed by atoms with van der Waals surface area (Å²) in [4.78, 5) is 11.4. The van der Waals surface area contributed by atoms with E-state index in [0.717, 1.165) is 0 Å². The van der Waals surface area contributed by atoms with Crippen molar-refractivity contribution in [2.75, 3.05) is 20.8 Å². The molecule has 0 saturated carbocycles. The van der Waals surface area contributed by atoms with E-state index in [-0.39, 0.29) is 17.1 Å². The van der Waals surface area contributed by atoms with E-state index in [0.29, 0.717) is 0 Å². The average molecular weight is 264 g/mol. The fraction of sp³-hybridized carbons (Fsp3) is 0.364. The van der Waals surface area contributed by atoms with Gasteiger partial charge in [0.2, 0.25) is 0 Å². The molecule has 4 nitrogen and oxygen atoms in total. The standard InChI is InChI=1S/C11H11F3O4/c1-16-8-3-7(4-9(5-8)17-2)10(15)18-6-11(12,13)14/h3-5H,6H2,1-2H3. The molecular weight excluding hydrogens is 253 g/mol. The summed E-state index contributed by atoms with van der Waals surface area (Å²) in [5.41, 5.74) is -0.0737. The molecule has 0 N–H and O–H groups in total. The van der Waals surface area contributed by atoms with Crippen molar-refractivity contribution in [1.29, 1.82) is 0 Å². The molecular formula is C11H11F3O4. The van der Waals surface area contributed by atoms with E-state index < -0.39 is 18.8 Å². The average Bonchev–Trinajstić information content (AvgIpc) is 2.34. The number of rotatable bonds is 4. The Morgan fingerprint density at radius 1 is 1.11 bits per heavy atom. The van der Waals surface area contributed by atoms with Crippen molar-refractivity contribution in [1.82, 2.24) is 0 Å². The molecule has 0 aliphatic heterocycles. The highest BCUT2D eigenvalue weighted by atomic mass is 19.4. The van der Waals surface area contributed by atoms with Crippen LogP contribution >= 0.6 is 0 Å². The van der Waals surface area contributed by atoms with E-state index in [1.54, 1.807) is 0 Å². The molecule has 0 bridgehead atoms. The summed E-state index contributed by atoms with van der Waals surface area (Å²) < 4.78 is 49.6. The number of carbonyl (C=O) groups is 1. The predicted molar refractivity (Wildman–Crippen MR) is 55.9 cm³/mol. The first-order valence-corrected chi connectivity index (χ1v) is 4.82. The summed E-state index contributed by atoms with van der Waals surface area (Å²) in [6.07, 6.45) is -4.56. The molecule has 0 aromatic heterocycles. The molecule has 0 aliphatic rings. The van der Waals surface area contributed by atoms with Crippen molar-refractivity contribution in [3.8, 4) is 11.5 Å². The Kier molecular flexibility index (Phi) is 4.41. The normalized spacial score (nSPS) is 10.9. The molecule has 0 unspecified atom stereocenters. The van der Waals surface area contributed by atoms with E-state index in [2.05, 4.69) is 4.74 Å². The lowest BCUT2D eigenvalue weighted by molar-refractivity contribution is -0.161. The van der Waals surface area contributed by atoms with Crippen LogP contribution in [-0.4, -0.2) is 33.0 Å². The summed E-state index contributed by atoms with van der Waals surface area (Å²) in [7, 11) is 2.72. The molecule has 0 aliphatic carbocycles. The summed E-state index contributed by atoms with van der Waals surface area (Å²) in [5.74, 6) is -0.522. The van der Waals surface area contributed by atoms with Crippen molar-refractivity contribution in [2.24, 2.45) is 0 Å². The van der Waals surface area contributed by atoms with Gasteiger partial charge in [-0.3, -0.25) is 0 Å². The van der Waals surface area contributed by atoms with Crippen molar-refractivity contribution >= 4 is 5.97 Å². The lowest BCUT2D eigenvalue weighted by atomic mass is 10.2. The van der Waals surface area contributed by atoms with Gasteiger partial charge in [-0.1, -0.05) is 0 Å². The molecule has 0 radical (unpaired) electrons. The van der Waals surface area contributed by atoms with Crippen molar-refractivity contribution < 1.29 is 32.2 Å². The fourth-order valence-electron chi connectivity index (χ4n) is 1.16. The van der Waals surface area contributed by atoms with Crippen LogP contribution in [0.5, 0.6) is 11.5 Å². The minimum atomic E-state index is -4.56. The number of halogens is 3. The first-order chi connectivity index (χ1) is 8.35. The topological polar surface area (TPSA) is 44.8 Å². The van der Waals surface area contributed by atoms with Gasteiger partial charge < -0.3 is 14.2 Å². The maximum atomic E-state index is 11.9. The highest BCUT2D eigenvalue weighted by Gasteiger charge is 2.30. The molecule has 0 heterocycles. The minimum Gasteiger partial charge on any atom is -0.497 e. The maximum absolute atomic E-state index is 11.9. The zero-order chi connectivity index (χ0) is 13.8. The van der Waals surface area contributed by atoms with E-state index in [1.807, 2.05) is 0 Å². The van der Waals surface area contributed by atoms with Crippen LogP contribution in [-0.2, 0) is 4.74 Å². The predicted octanol–water partition coefficient (Wildman–Crippen LogP) is 2.42. The van der Waals surface area contributed by atoms with Crippen LogP contribution in [0.25, 0.3) is 0 Å². The van der Waals surface area contributed by atoms with Gasteiger partial charge in [0.15, 0.2) is 6.61 Å². The Morgan fingerprint density at radius 2 is 1.61 bits per heavy atom. The third-order valence-electron chi connectivity index (χ3n) is 1.95. The first kappa shape index (κ1) is 14.1. The van der Waals surface area contributed by atoms with Gasteiger partial charge in [-0.15, -0.1) is 0 Å². The van der Waals surface area contributed by atoms with E-state index in [9.17, 15) is 18.0 Å². The highest BCUT2D eigenvalue weighted by Crippen LogP contribution is 2.23. The molecule has 100 valence electrons. The number of alkyl halides is 3. The zero-order valence-corrected chi connectivity index (χ0v) is 9.71. The SMILES string of the molecule is COc1cc(OC)cc(C(=O)OCC(F)(F)F)c1. The van der Waals surface area contributed by atoms with Crippen LogP contribution in [0.1, 0.15) is 10.4 Å². The minimum absolute atomic E-state index is 0.0737. The fourth-order valence-corrected chi connectivity index (χ4v) is 1.16. The third kappa shape index (κ3) is 4.15. The molecule has 1 aromatic rings. The van der Waals surface area contributed by atoms with Gasteiger partial charge in [-0.25, -0.2) is 4.79 Å². The Bertz CT molecular complexity index is 407. The van der Waals surface area contributed by atoms with Gasteiger partial charge in [0.25, 0.3) is 0 Å². The van der Waals surface area contributed by atoms with E-state index in [4.69, 9.17) is 9.47 Å². The van der Waals surface area contributed by atoms with Gasteiger partial charge in [-0.05, 0) is 12.1 Å². The van der Waals surface area contributed by atoms with Gasteiger partial charge >= 0.3 is 12.1 Å². The van der Waals surface area contributed by atoms with Crippen molar-refractivity contribution in [2.45, 2.75) is 6.18 Å². The second-order valence-electron chi connectivity index (χ2n) is 3.29. The summed E-state index contributed by atoms with van der Waals surface area (Å²) in [6, 6.07) is 4.02. The maximum Gasteiger partial charge on any atom is 0.422 e. The number of hydrogen-bond acceptors (Lipinski definition) is 4. The lowest BCUT2D eigenvalue weighted by Gasteiger charge is -2.10. The third-order valence-corrected chi connectivity index (χ3v) is 1.95. The summed E-state index contributed by atoms with van der Waals surface area (Å²) in [5, 5.41) is 0. The quantitative estimate of drug-likeness (QED) is 0.783. The largest absolute Gasteiger partial charge is 0.497 e. The number of carbonyl (C=O) groups excluding carboxylic acids is 1. The Labute approximate surface area is 101 Å². The Hall–Kier alpha value is -1.92. The van der Waals surface area contributed by atoms with Crippen LogP contribution in [0.2, 0.25) is 0 Å². The van der Waals surface area contributed by atoms with E-state index in [1.165, 1.54) is 32.4 Å². The lowest BCUT2D eigenvalue weighted by Crippen LogP contribution is -2.20. The molecule has 18 heavy (non-hydrogen) atoms. The first-order valence-electron chi connectivity index (χ1n) is 4.82. The van der Waals surface area contributed by atoms with Crippen molar-refractivity contribution in [3.05, 3.63) is 23.8 Å². The number of ether oxygens (including phenoxy) is 3. The molecule has 0 atom stereocenters. The van der Waals surface area contributed by atoms with Crippen LogP contribution in [0.4, 0.5) is 13.2 Å². The molecule has 0 spiro atoms. The summed E-state index contributed by atoms with van der Waals surface area (Å²) in [6.45, 7) is -1.63. The van der Waals surface area contributed by atoms with Gasteiger partial charge in [0.05, 0.1) is 19.8 Å². The summed E-state index contributed by atoms with van der Waals surface area (Å²) >= 11 is 0. The van der Waals surface area contributed by atoms with Gasteiger partial charge in [-0.2, -0.15) is 13.2 Å². The molecule has 1 rings (SSSR count). The molecule has 0 saturated heterocycles. The molecule has 0 fully saturated rings. The Balaban J connectivity index is 2.84. The number of esters is 1. The number of benzene rings is 1. The molecule has 1 aromatic carbocycles. The number of methoxy groups -OCH3 is 2. The van der Waals surface area contributed by atoms with E-state index >= 15 is 0 Å². The Morgan fingerprint density at radius 3 is 2.00 bits per heavy atom. The zero-order valence-electron chi connectivity index (χ0n) is 9.71. The number of hydrogen-bond donors (Lipinski definition) is 0. The smallest absolute Gasteiger partial charge is 0.422 e. The van der Waals surface area contributed by atoms with Gasteiger partial charge in [0, 0.05) is 6.07 Å². The van der Waals surface area contributed by atoms with Crippen LogP contribution in [0, 0.1) is 0 Å². The second kappa shape index (κ2) is 5.61. The monoisotopic (exact) mass is 264 g/mol. The van der Waals surface area contributed by atoms with Crippen LogP contribution < -0.4 is 9.47 Å². The van der Waals surface area contributed by atoms with Crippen molar-refractivity contribution in [3.63, 3.8) is 0 Å².